The van der Waals surface area contributed by atoms with Crippen molar-refractivity contribution in [2.75, 3.05) is 44.5 Å². The molecular weight excluding hydrogens is 224 g/mol. The van der Waals surface area contributed by atoms with E-state index in [4.69, 9.17) is 4.74 Å². The number of rotatable bonds is 2. The third kappa shape index (κ3) is 2.72. The quantitative estimate of drug-likeness (QED) is 0.735. The third-order valence-corrected chi connectivity index (χ3v) is 4.05. The zero-order chi connectivity index (χ0) is 11.5. The number of ether oxygens (including phenoxy) is 1. The SMILES string of the molecule is CP(C)c1cc(F)cc(N2CCOCC2)c1. The molecule has 0 amide bonds. The van der Waals surface area contributed by atoms with E-state index < -0.39 is 0 Å². The summed E-state index contributed by atoms with van der Waals surface area (Å²) < 4.78 is 18.8. The molecule has 0 unspecified atom stereocenters. The highest BCUT2D eigenvalue weighted by Crippen LogP contribution is 2.27. The minimum atomic E-state index is -0.247. The summed E-state index contributed by atoms with van der Waals surface area (Å²) >= 11 is 0. The van der Waals surface area contributed by atoms with Gasteiger partial charge in [0.15, 0.2) is 0 Å². The Morgan fingerprint density at radius 3 is 2.50 bits per heavy atom. The summed E-state index contributed by atoms with van der Waals surface area (Å²) in [4.78, 5) is 2.19. The monoisotopic (exact) mass is 241 g/mol. The molecule has 0 N–H and O–H groups in total. The van der Waals surface area contributed by atoms with Gasteiger partial charge in [0.05, 0.1) is 13.2 Å². The molecular formula is C12H17FNOP. The van der Waals surface area contributed by atoms with Crippen molar-refractivity contribution in [3.05, 3.63) is 24.0 Å². The zero-order valence-corrected chi connectivity index (χ0v) is 10.6. The molecule has 0 saturated carbocycles. The lowest BCUT2D eigenvalue weighted by molar-refractivity contribution is 0.122. The molecule has 1 aromatic rings. The highest BCUT2D eigenvalue weighted by atomic mass is 31.1. The molecule has 16 heavy (non-hydrogen) atoms. The molecule has 2 nitrogen and oxygen atoms in total. The van der Waals surface area contributed by atoms with Crippen LogP contribution in [0.4, 0.5) is 10.1 Å². The maximum Gasteiger partial charge on any atom is 0.125 e. The summed E-state index contributed by atoms with van der Waals surface area (Å²) in [5.41, 5.74) is 0.995. The van der Waals surface area contributed by atoms with E-state index in [2.05, 4.69) is 24.3 Å². The first-order valence-electron chi connectivity index (χ1n) is 5.47. The molecule has 1 heterocycles. The van der Waals surface area contributed by atoms with Crippen LogP contribution in [-0.4, -0.2) is 39.6 Å². The second-order valence-electron chi connectivity index (χ2n) is 4.16. The van der Waals surface area contributed by atoms with Gasteiger partial charge in [0.25, 0.3) is 0 Å². The van der Waals surface area contributed by atoms with Gasteiger partial charge in [-0.25, -0.2) is 4.39 Å². The van der Waals surface area contributed by atoms with Crippen molar-refractivity contribution in [2.45, 2.75) is 0 Å². The van der Waals surface area contributed by atoms with Gasteiger partial charge in [-0.3, -0.25) is 0 Å². The molecule has 0 aromatic heterocycles. The average Bonchev–Trinajstić information content (AvgIpc) is 2.29. The van der Waals surface area contributed by atoms with E-state index in [1.165, 1.54) is 0 Å². The van der Waals surface area contributed by atoms with Crippen LogP contribution in [-0.2, 0) is 4.74 Å². The minimum Gasteiger partial charge on any atom is -0.378 e. The van der Waals surface area contributed by atoms with Gasteiger partial charge in [-0.15, -0.1) is 0 Å². The molecule has 0 atom stereocenters. The van der Waals surface area contributed by atoms with Crippen LogP contribution in [0.5, 0.6) is 0 Å². The molecule has 1 saturated heterocycles. The normalized spacial score (nSPS) is 16.9. The molecule has 0 radical (unpaired) electrons. The fourth-order valence-electron chi connectivity index (χ4n) is 1.82. The van der Waals surface area contributed by atoms with E-state index in [1.807, 2.05) is 0 Å². The summed E-state index contributed by atoms with van der Waals surface area (Å²) in [6.07, 6.45) is 0. The number of morpholine rings is 1. The Bertz CT molecular complexity index is 364. The summed E-state index contributed by atoms with van der Waals surface area (Å²) in [6, 6.07) is 5.38. The summed E-state index contributed by atoms with van der Waals surface area (Å²) in [7, 11) is -0.247. The largest absolute Gasteiger partial charge is 0.378 e. The van der Waals surface area contributed by atoms with Crippen molar-refractivity contribution in [2.24, 2.45) is 0 Å². The topological polar surface area (TPSA) is 12.5 Å². The van der Waals surface area contributed by atoms with E-state index in [0.717, 1.165) is 37.3 Å². The predicted octanol–water partition coefficient (Wildman–Crippen LogP) is 2.03. The fraction of sp³-hybridized carbons (Fsp3) is 0.500. The van der Waals surface area contributed by atoms with E-state index in [0.29, 0.717) is 0 Å². The predicted molar refractivity (Wildman–Crippen MR) is 67.8 cm³/mol. The Morgan fingerprint density at radius 1 is 1.19 bits per heavy atom. The third-order valence-electron chi connectivity index (χ3n) is 2.76. The van der Waals surface area contributed by atoms with Gasteiger partial charge in [-0.1, -0.05) is 7.92 Å². The maximum absolute atomic E-state index is 13.5. The lowest BCUT2D eigenvalue weighted by atomic mass is 10.2. The van der Waals surface area contributed by atoms with E-state index in [1.54, 1.807) is 12.1 Å². The molecule has 0 spiro atoms. The van der Waals surface area contributed by atoms with Crippen LogP contribution in [0.15, 0.2) is 18.2 Å². The number of nitrogens with zero attached hydrogens (tertiary/aromatic N) is 1. The van der Waals surface area contributed by atoms with Crippen LogP contribution < -0.4 is 10.2 Å². The Balaban J connectivity index is 2.25. The van der Waals surface area contributed by atoms with E-state index in [9.17, 15) is 4.39 Å². The smallest absolute Gasteiger partial charge is 0.125 e. The fourth-order valence-corrected chi connectivity index (χ4v) is 2.59. The van der Waals surface area contributed by atoms with Gasteiger partial charge in [0.1, 0.15) is 5.82 Å². The Hall–Kier alpha value is -0.660. The van der Waals surface area contributed by atoms with Crippen molar-refractivity contribution in [1.29, 1.82) is 0 Å². The Kier molecular flexibility index (Phi) is 3.78. The standard InChI is InChI=1S/C12H17FNOP/c1-16(2)12-8-10(13)7-11(9-12)14-3-5-15-6-4-14/h7-9H,3-6H2,1-2H3. The number of benzene rings is 1. The average molecular weight is 241 g/mol. The number of anilines is 1. The van der Waals surface area contributed by atoms with Gasteiger partial charge >= 0.3 is 0 Å². The van der Waals surface area contributed by atoms with Crippen LogP contribution in [0.25, 0.3) is 0 Å². The number of hydrogen-bond donors (Lipinski definition) is 0. The van der Waals surface area contributed by atoms with E-state index >= 15 is 0 Å². The van der Waals surface area contributed by atoms with Crippen LogP contribution in [0.2, 0.25) is 0 Å². The molecule has 0 aliphatic carbocycles. The summed E-state index contributed by atoms with van der Waals surface area (Å²) in [5, 5.41) is 1.12. The van der Waals surface area contributed by atoms with Gasteiger partial charge in [-0.2, -0.15) is 0 Å². The lowest BCUT2D eigenvalue weighted by Crippen LogP contribution is -2.36. The van der Waals surface area contributed by atoms with Crippen LogP contribution in [0, 0.1) is 5.82 Å². The van der Waals surface area contributed by atoms with Gasteiger partial charge in [0.2, 0.25) is 0 Å². The molecule has 1 fully saturated rings. The van der Waals surface area contributed by atoms with Gasteiger partial charge in [-0.05, 0) is 36.8 Å². The molecule has 1 aliphatic heterocycles. The highest BCUT2D eigenvalue weighted by Gasteiger charge is 2.13. The first-order valence-corrected chi connectivity index (χ1v) is 7.71. The Morgan fingerprint density at radius 2 is 1.88 bits per heavy atom. The van der Waals surface area contributed by atoms with Gasteiger partial charge in [0, 0.05) is 18.8 Å². The second kappa shape index (κ2) is 5.11. The van der Waals surface area contributed by atoms with Crippen molar-refractivity contribution < 1.29 is 9.13 Å². The first kappa shape index (κ1) is 11.8. The zero-order valence-electron chi connectivity index (χ0n) is 9.74. The lowest BCUT2D eigenvalue weighted by Gasteiger charge is -2.29. The van der Waals surface area contributed by atoms with Crippen LogP contribution in [0.3, 0.4) is 0 Å². The maximum atomic E-state index is 13.5. The van der Waals surface area contributed by atoms with Crippen LogP contribution >= 0.6 is 7.92 Å². The first-order chi connectivity index (χ1) is 7.66. The van der Waals surface area contributed by atoms with Gasteiger partial charge < -0.3 is 9.64 Å². The number of halogens is 1. The van der Waals surface area contributed by atoms with Crippen LogP contribution in [0.1, 0.15) is 0 Å². The van der Waals surface area contributed by atoms with Crippen molar-refractivity contribution in [3.63, 3.8) is 0 Å². The van der Waals surface area contributed by atoms with E-state index in [-0.39, 0.29) is 13.7 Å². The van der Waals surface area contributed by atoms with Crippen molar-refractivity contribution >= 4 is 18.9 Å². The van der Waals surface area contributed by atoms with Crippen molar-refractivity contribution in [1.82, 2.24) is 0 Å². The highest BCUT2D eigenvalue weighted by molar-refractivity contribution is 7.64. The molecule has 1 aliphatic rings. The molecule has 1 aromatic carbocycles. The Labute approximate surface area is 97.2 Å². The summed E-state index contributed by atoms with van der Waals surface area (Å²) in [5.74, 6) is -0.129. The second-order valence-corrected chi connectivity index (χ2v) is 6.47. The number of hydrogen-bond acceptors (Lipinski definition) is 2. The molecule has 2 rings (SSSR count). The minimum absolute atomic E-state index is 0.129. The van der Waals surface area contributed by atoms with Crippen molar-refractivity contribution in [3.8, 4) is 0 Å². The summed E-state index contributed by atoms with van der Waals surface area (Å²) in [6.45, 7) is 7.47. The molecule has 0 bridgehead atoms. The molecule has 4 heteroatoms. The molecule has 88 valence electrons.